The number of aliphatic imine (C=N–C) groups is 1. The summed E-state index contributed by atoms with van der Waals surface area (Å²) < 4.78 is 5.70. The van der Waals surface area contributed by atoms with Crippen LogP contribution in [0, 0.1) is 0 Å². The van der Waals surface area contributed by atoms with Crippen LogP contribution in [0.25, 0.3) is 0 Å². The Morgan fingerprint density at radius 1 is 1.33 bits per heavy atom. The molecule has 6 nitrogen and oxygen atoms in total. The van der Waals surface area contributed by atoms with Crippen LogP contribution in [0.3, 0.4) is 0 Å². The molecule has 0 bridgehead atoms. The van der Waals surface area contributed by atoms with Crippen molar-refractivity contribution in [1.82, 2.24) is 15.5 Å². The normalized spacial score (nSPS) is 20.0. The van der Waals surface area contributed by atoms with Crippen LogP contribution in [-0.4, -0.2) is 62.2 Å². The fraction of sp³-hybridized carbons (Fsp3) is 0.867. The highest BCUT2D eigenvalue weighted by Crippen LogP contribution is 2.11. The number of guanidine groups is 1. The molecule has 0 saturated carbocycles. The number of carbonyl (C=O) groups is 1. The highest BCUT2D eigenvalue weighted by molar-refractivity contribution is 5.85. The largest absolute Gasteiger partial charge is 0.376 e. The molecule has 1 saturated heterocycles. The minimum atomic E-state index is -0.111. The number of amides is 1. The third-order valence-corrected chi connectivity index (χ3v) is 3.14. The maximum Gasteiger partial charge on any atom is 0.243 e. The van der Waals surface area contributed by atoms with E-state index in [0.717, 1.165) is 26.0 Å². The summed E-state index contributed by atoms with van der Waals surface area (Å²) in [5.74, 6) is 0.644. The van der Waals surface area contributed by atoms with Crippen LogP contribution in [0.5, 0.6) is 0 Å². The van der Waals surface area contributed by atoms with Crippen molar-refractivity contribution in [3.8, 4) is 0 Å². The van der Waals surface area contributed by atoms with Gasteiger partial charge in [0.25, 0.3) is 0 Å². The Balaban J connectivity index is 2.54. The minimum Gasteiger partial charge on any atom is -0.376 e. The zero-order valence-electron chi connectivity index (χ0n) is 14.0. The second-order valence-electron chi connectivity index (χ2n) is 6.70. The second-order valence-corrected chi connectivity index (χ2v) is 6.70. The molecule has 1 heterocycles. The molecular formula is C15H30N4O2. The summed E-state index contributed by atoms with van der Waals surface area (Å²) >= 11 is 0. The van der Waals surface area contributed by atoms with Crippen molar-refractivity contribution in [3.05, 3.63) is 0 Å². The summed E-state index contributed by atoms with van der Waals surface area (Å²) in [6.07, 6.45) is 3.67. The molecule has 0 aromatic heterocycles. The van der Waals surface area contributed by atoms with Crippen molar-refractivity contribution in [1.29, 1.82) is 0 Å². The molecule has 0 aromatic carbocycles. The first kappa shape index (κ1) is 17.8. The Morgan fingerprint density at radius 3 is 2.57 bits per heavy atom. The number of likely N-dealkylation sites (N-methyl/N-ethyl adjacent to an activating group) is 1. The van der Waals surface area contributed by atoms with E-state index in [1.165, 1.54) is 6.42 Å². The number of nitrogens with one attached hydrogen (secondary N) is 2. The highest BCUT2D eigenvalue weighted by atomic mass is 16.5. The van der Waals surface area contributed by atoms with E-state index in [9.17, 15) is 4.79 Å². The zero-order valence-corrected chi connectivity index (χ0v) is 14.0. The van der Waals surface area contributed by atoms with E-state index < -0.39 is 0 Å². The van der Waals surface area contributed by atoms with Crippen molar-refractivity contribution < 1.29 is 9.53 Å². The smallest absolute Gasteiger partial charge is 0.243 e. The molecule has 21 heavy (non-hydrogen) atoms. The second kappa shape index (κ2) is 8.22. The van der Waals surface area contributed by atoms with E-state index in [-0.39, 0.29) is 24.1 Å². The van der Waals surface area contributed by atoms with E-state index in [0.29, 0.717) is 5.96 Å². The summed E-state index contributed by atoms with van der Waals surface area (Å²) in [6, 6.07) is 0. The predicted octanol–water partition coefficient (Wildman–Crippen LogP) is 0.977. The first-order valence-electron chi connectivity index (χ1n) is 7.66. The SMILES string of the molecule is CN(C)C(=O)CN=C(NCC1CCCCO1)NC(C)(C)C. The Hall–Kier alpha value is -1.30. The number of rotatable bonds is 4. The van der Waals surface area contributed by atoms with Gasteiger partial charge in [-0.3, -0.25) is 4.79 Å². The molecule has 1 amide bonds. The lowest BCUT2D eigenvalue weighted by Gasteiger charge is -2.27. The van der Waals surface area contributed by atoms with Gasteiger partial charge in [-0.25, -0.2) is 4.99 Å². The number of nitrogens with zero attached hydrogens (tertiary/aromatic N) is 2. The molecular weight excluding hydrogens is 268 g/mol. The topological polar surface area (TPSA) is 66.0 Å². The maximum absolute atomic E-state index is 11.7. The lowest BCUT2D eigenvalue weighted by Crippen LogP contribution is -2.50. The van der Waals surface area contributed by atoms with Crippen LogP contribution in [0.4, 0.5) is 0 Å². The van der Waals surface area contributed by atoms with Gasteiger partial charge in [0.05, 0.1) is 6.10 Å². The molecule has 122 valence electrons. The summed E-state index contributed by atoms with van der Waals surface area (Å²) in [5.41, 5.74) is -0.111. The third-order valence-electron chi connectivity index (χ3n) is 3.14. The molecule has 1 atom stereocenters. The molecule has 0 radical (unpaired) electrons. The fourth-order valence-electron chi connectivity index (χ4n) is 1.96. The molecule has 1 fully saturated rings. The van der Waals surface area contributed by atoms with Crippen molar-refractivity contribution in [3.63, 3.8) is 0 Å². The van der Waals surface area contributed by atoms with Crippen LogP contribution in [0.15, 0.2) is 4.99 Å². The minimum absolute atomic E-state index is 0.0149. The lowest BCUT2D eigenvalue weighted by atomic mass is 10.1. The first-order chi connectivity index (χ1) is 9.78. The van der Waals surface area contributed by atoms with Crippen LogP contribution < -0.4 is 10.6 Å². The van der Waals surface area contributed by atoms with Crippen molar-refractivity contribution in [2.75, 3.05) is 33.8 Å². The van der Waals surface area contributed by atoms with Crippen LogP contribution in [0.1, 0.15) is 40.0 Å². The van der Waals surface area contributed by atoms with Crippen LogP contribution in [0.2, 0.25) is 0 Å². The van der Waals surface area contributed by atoms with E-state index in [2.05, 4.69) is 36.4 Å². The van der Waals surface area contributed by atoms with Gasteiger partial charge in [0.1, 0.15) is 6.54 Å². The average Bonchev–Trinajstić information content (AvgIpc) is 2.41. The Kier molecular flexibility index (Phi) is 6.95. The summed E-state index contributed by atoms with van der Waals surface area (Å²) in [6.45, 7) is 7.89. The van der Waals surface area contributed by atoms with E-state index in [4.69, 9.17) is 4.74 Å². The summed E-state index contributed by atoms with van der Waals surface area (Å²) in [4.78, 5) is 17.6. The molecule has 1 rings (SSSR count). The number of carbonyl (C=O) groups excluding carboxylic acids is 1. The van der Waals surface area contributed by atoms with Gasteiger partial charge in [0.15, 0.2) is 5.96 Å². The number of hydrogen-bond acceptors (Lipinski definition) is 3. The van der Waals surface area contributed by atoms with Gasteiger partial charge in [-0.2, -0.15) is 0 Å². The van der Waals surface area contributed by atoms with Crippen molar-refractivity contribution >= 4 is 11.9 Å². The van der Waals surface area contributed by atoms with Crippen LogP contribution >= 0.6 is 0 Å². The summed E-state index contributed by atoms with van der Waals surface area (Å²) in [7, 11) is 3.47. The highest BCUT2D eigenvalue weighted by Gasteiger charge is 2.17. The van der Waals surface area contributed by atoms with Gasteiger partial charge in [-0.15, -0.1) is 0 Å². The Bertz CT molecular complexity index is 355. The molecule has 2 N–H and O–H groups in total. The van der Waals surface area contributed by atoms with E-state index in [1.54, 1.807) is 19.0 Å². The monoisotopic (exact) mass is 298 g/mol. The van der Waals surface area contributed by atoms with Gasteiger partial charge >= 0.3 is 0 Å². The molecule has 0 aliphatic carbocycles. The lowest BCUT2D eigenvalue weighted by molar-refractivity contribution is -0.127. The van der Waals surface area contributed by atoms with Gasteiger partial charge in [0.2, 0.25) is 5.91 Å². The standard InChI is InChI=1S/C15H30N4O2/c1-15(2,3)18-14(17-11-13(20)19(4)5)16-10-12-8-6-7-9-21-12/h12H,6-11H2,1-5H3,(H2,16,17,18). The van der Waals surface area contributed by atoms with E-state index in [1.807, 2.05) is 0 Å². The quantitative estimate of drug-likeness (QED) is 0.600. The number of hydrogen-bond donors (Lipinski definition) is 2. The van der Waals surface area contributed by atoms with Gasteiger partial charge < -0.3 is 20.3 Å². The zero-order chi connectivity index (χ0) is 15.9. The van der Waals surface area contributed by atoms with Crippen molar-refractivity contribution in [2.24, 2.45) is 4.99 Å². The third kappa shape index (κ3) is 7.90. The molecule has 1 aliphatic heterocycles. The summed E-state index contributed by atoms with van der Waals surface area (Å²) in [5, 5.41) is 6.59. The average molecular weight is 298 g/mol. The van der Waals surface area contributed by atoms with Crippen LogP contribution in [-0.2, 0) is 9.53 Å². The molecule has 0 spiro atoms. The van der Waals surface area contributed by atoms with Gasteiger partial charge in [-0.05, 0) is 40.0 Å². The fourth-order valence-corrected chi connectivity index (χ4v) is 1.96. The van der Waals surface area contributed by atoms with Gasteiger partial charge in [-0.1, -0.05) is 0 Å². The van der Waals surface area contributed by atoms with Crippen molar-refractivity contribution in [2.45, 2.75) is 51.7 Å². The van der Waals surface area contributed by atoms with Gasteiger partial charge in [0, 0.05) is 32.8 Å². The Morgan fingerprint density at radius 2 is 2.05 bits per heavy atom. The molecule has 0 aromatic rings. The predicted molar refractivity (Wildman–Crippen MR) is 85.5 cm³/mol. The van der Waals surface area contributed by atoms with E-state index >= 15 is 0 Å². The maximum atomic E-state index is 11.7. The molecule has 1 unspecified atom stereocenters. The Labute approximate surface area is 128 Å². The number of ether oxygens (including phenoxy) is 1. The molecule has 6 heteroatoms. The molecule has 1 aliphatic rings. The first-order valence-corrected chi connectivity index (χ1v) is 7.66.